The molecule has 6 nitrogen and oxygen atoms in total. The lowest BCUT2D eigenvalue weighted by Crippen LogP contribution is -2.35. The zero-order chi connectivity index (χ0) is 23.8. The zero-order valence-electron chi connectivity index (χ0n) is 19.7. The van der Waals surface area contributed by atoms with Crippen LogP contribution in [0, 0.1) is 0 Å². The van der Waals surface area contributed by atoms with Crippen molar-refractivity contribution in [2.24, 2.45) is 0 Å². The number of aromatic nitrogens is 1. The number of thiophene rings is 1. The summed E-state index contributed by atoms with van der Waals surface area (Å²) in [6.07, 6.45) is 0.934. The van der Waals surface area contributed by atoms with Crippen molar-refractivity contribution in [3.8, 4) is 22.1 Å². The molecule has 0 bridgehead atoms. The molecule has 5 rings (SSSR count). The Morgan fingerprint density at radius 2 is 1.79 bits per heavy atom. The normalized spacial score (nSPS) is 13.8. The molecule has 0 aliphatic carbocycles. The Balaban J connectivity index is 1.60. The molecule has 0 radical (unpaired) electrons. The minimum atomic E-state index is -0.254. The van der Waals surface area contributed by atoms with Crippen LogP contribution in [0.3, 0.4) is 0 Å². The predicted molar refractivity (Wildman–Crippen MR) is 140 cm³/mol. The molecule has 1 amide bonds. The van der Waals surface area contributed by atoms with Crippen LogP contribution in [-0.4, -0.2) is 42.6 Å². The molecule has 176 valence electrons. The first-order valence-electron chi connectivity index (χ1n) is 11.3. The van der Waals surface area contributed by atoms with E-state index >= 15 is 0 Å². The quantitative estimate of drug-likeness (QED) is 0.354. The highest BCUT2D eigenvalue weighted by Gasteiger charge is 2.29. The van der Waals surface area contributed by atoms with Crippen molar-refractivity contribution in [3.05, 3.63) is 58.5 Å². The Kier molecular flexibility index (Phi) is 6.29. The third-order valence-corrected chi connectivity index (χ3v) is 8.39. The van der Waals surface area contributed by atoms with E-state index in [0.29, 0.717) is 23.1 Å². The molecule has 8 heteroatoms. The van der Waals surface area contributed by atoms with Gasteiger partial charge in [0, 0.05) is 29.6 Å². The molecule has 0 unspecified atom stereocenters. The number of para-hydroxylation sites is 1. The van der Waals surface area contributed by atoms with Gasteiger partial charge in [-0.05, 0) is 50.1 Å². The van der Waals surface area contributed by atoms with Crippen molar-refractivity contribution in [1.29, 1.82) is 0 Å². The van der Waals surface area contributed by atoms with Gasteiger partial charge < -0.3 is 14.8 Å². The fourth-order valence-electron chi connectivity index (χ4n) is 4.40. The number of carbonyl (C=O) groups excluding carboxylic acids is 1. The highest BCUT2D eigenvalue weighted by Crippen LogP contribution is 2.46. The molecule has 0 fully saturated rings. The summed E-state index contributed by atoms with van der Waals surface area (Å²) in [7, 11) is 3.12. The maximum absolute atomic E-state index is 13.5. The maximum Gasteiger partial charge on any atom is 0.263 e. The van der Waals surface area contributed by atoms with Gasteiger partial charge in [-0.2, -0.15) is 0 Å². The summed E-state index contributed by atoms with van der Waals surface area (Å²) in [6.45, 7) is 6.32. The highest BCUT2D eigenvalue weighted by atomic mass is 32.1. The fourth-order valence-corrected chi connectivity index (χ4v) is 6.78. The summed E-state index contributed by atoms with van der Waals surface area (Å²) in [5.41, 5.74) is 3.71. The number of carbonyl (C=O) groups is 1. The van der Waals surface area contributed by atoms with Crippen LogP contribution >= 0.6 is 22.7 Å². The molecule has 34 heavy (non-hydrogen) atoms. The number of anilines is 1. The van der Waals surface area contributed by atoms with Gasteiger partial charge in [0.05, 0.1) is 24.4 Å². The van der Waals surface area contributed by atoms with Crippen molar-refractivity contribution in [2.45, 2.75) is 32.9 Å². The molecule has 0 saturated heterocycles. The van der Waals surface area contributed by atoms with E-state index in [4.69, 9.17) is 14.5 Å². The molecule has 0 spiro atoms. The van der Waals surface area contributed by atoms with Crippen LogP contribution in [0.2, 0.25) is 0 Å². The van der Waals surface area contributed by atoms with Crippen molar-refractivity contribution in [2.75, 3.05) is 26.1 Å². The van der Waals surface area contributed by atoms with Gasteiger partial charge in [0.1, 0.15) is 27.1 Å². The van der Waals surface area contributed by atoms with Gasteiger partial charge in [-0.3, -0.25) is 9.69 Å². The number of hydrogen-bond donors (Lipinski definition) is 1. The molecular weight excluding hydrogens is 466 g/mol. The number of methoxy groups -OCH3 is 2. The Hall–Kier alpha value is -2.94. The molecule has 4 aromatic rings. The number of thiazole rings is 1. The summed E-state index contributed by atoms with van der Waals surface area (Å²) < 4.78 is 12.1. The van der Waals surface area contributed by atoms with Crippen LogP contribution in [0.25, 0.3) is 20.8 Å². The van der Waals surface area contributed by atoms with Crippen LogP contribution < -0.4 is 14.8 Å². The van der Waals surface area contributed by atoms with Crippen molar-refractivity contribution < 1.29 is 14.3 Å². The first-order chi connectivity index (χ1) is 16.5. The Bertz CT molecular complexity index is 1300. The topological polar surface area (TPSA) is 63.7 Å². The SMILES string of the molecule is COc1cccc(OC)c1C(=O)Nc1sc2c(c1-c1nc3ccccc3s1)CCN(C(C)C)C2. The van der Waals surface area contributed by atoms with Gasteiger partial charge in [-0.25, -0.2) is 4.98 Å². The summed E-state index contributed by atoms with van der Waals surface area (Å²) in [5, 5.41) is 4.96. The van der Waals surface area contributed by atoms with Crippen molar-refractivity contribution in [3.63, 3.8) is 0 Å². The Labute approximate surface area is 207 Å². The van der Waals surface area contributed by atoms with E-state index in [0.717, 1.165) is 45.3 Å². The second-order valence-electron chi connectivity index (χ2n) is 8.50. The van der Waals surface area contributed by atoms with Crippen LogP contribution in [-0.2, 0) is 13.0 Å². The standard InChI is InChI=1S/C26H27N3O3S2/c1-15(2)29-13-12-16-21(14-29)34-26(22(16)25-27-17-8-5-6-11-20(17)33-25)28-24(30)23-18(31-3)9-7-10-19(23)32-4/h5-11,15H,12-14H2,1-4H3,(H,28,30). The van der Waals surface area contributed by atoms with E-state index in [2.05, 4.69) is 30.1 Å². The largest absolute Gasteiger partial charge is 0.496 e. The summed E-state index contributed by atoms with van der Waals surface area (Å²) in [5.74, 6) is 0.701. The average molecular weight is 494 g/mol. The van der Waals surface area contributed by atoms with Gasteiger partial charge in [-0.1, -0.05) is 18.2 Å². The third-order valence-electron chi connectivity index (χ3n) is 6.21. The second kappa shape index (κ2) is 9.37. The first-order valence-corrected chi connectivity index (χ1v) is 12.9. The van der Waals surface area contributed by atoms with E-state index in [-0.39, 0.29) is 5.91 Å². The predicted octanol–water partition coefficient (Wildman–Crippen LogP) is 6.06. The van der Waals surface area contributed by atoms with Crippen LogP contribution in [0.1, 0.15) is 34.6 Å². The van der Waals surface area contributed by atoms with E-state index in [1.54, 1.807) is 49.0 Å². The smallest absolute Gasteiger partial charge is 0.263 e. The zero-order valence-corrected chi connectivity index (χ0v) is 21.3. The Morgan fingerprint density at radius 1 is 1.06 bits per heavy atom. The number of rotatable bonds is 6. The molecular formula is C26H27N3O3S2. The maximum atomic E-state index is 13.5. The highest BCUT2D eigenvalue weighted by molar-refractivity contribution is 7.23. The second-order valence-corrected chi connectivity index (χ2v) is 10.6. The molecule has 3 heterocycles. The van der Waals surface area contributed by atoms with Gasteiger partial charge in [-0.15, -0.1) is 22.7 Å². The number of amides is 1. The molecule has 1 aliphatic rings. The molecule has 1 aliphatic heterocycles. The molecule has 0 saturated carbocycles. The molecule has 0 atom stereocenters. The van der Waals surface area contributed by atoms with Gasteiger partial charge in [0.2, 0.25) is 0 Å². The average Bonchev–Trinajstić information content (AvgIpc) is 3.43. The monoisotopic (exact) mass is 493 g/mol. The van der Waals surface area contributed by atoms with E-state index in [1.807, 2.05) is 24.3 Å². The lowest BCUT2D eigenvalue weighted by molar-refractivity contribution is 0.102. The summed E-state index contributed by atoms with van der Waals surface area (Å²) in [4.78, 5) is 22.2. The molecule has 2 aromatic carbocycles. The van der Waals surface area contributed by atoms with Crippen molar-refractivity contribution in [1.82, 2.24) is 9.88 Å². The van der Waals surface area contributed by atoms with Gasteiger partial charge >= 0.3 is 0 Å². The minimum Gasteiger partial charge on any atom is -0.496 e. The number of nitrogens with one attached hydrogen (secondary N) is 1. The van der Waals surface area contributed by atoms with E-state index < -0.39 is 0 Å². The lowest BCUT2D eigenvalue weighted by atomic mass is 10.0. The number of benzene rings is 2. The minimum absolute atomic E-state index is 0.254. The summed E-state index contributed by atoms with van der Waals surface area (Å²) >= 11 is 3.32. The van der Waals surface area contributed by atoms with Gasteiger partial charge in [0.15, 0.2) is 0 Å². The fraction of sp³-hybridized carbons (Fsp3) is 0.308. The molecule has 2 aromatic heterocycles. The molecule has 1 N–H and O–H groups in total. The van der Waals surface area contributed by atoms with Gasteiger partial charge in [0.25, 0.3) is 5.91 Å². The van der Waals surface area contributed by atoms with Crippen LogP contribution in [0.5, 0.6) is 11.5 Å². The lowest BCUT2D eigenvalue weighted by Gasteiger charge is -2.30. The number of nitrogens with zero attached hydrogens (tertiary/aromatic N) is 2. The first kappa shape index (κ1) is 22.8. The van der Waals surface area contributed by atoms with Crippen LogP contribution in [0.4, 0.5) is 5.00 Å². The van der Waals surface area contributed by atoms with Crippen LogP contribution in [0.15, 0.2) is 42.5 Å². The van der Waals surface area contributed by atoms with Crippen molar-refractivity contribution >= 4 is 43.8 Å². The number of fused-ring (bicyclic) bond motifs is 2. The van der Waals surface area contributed by atoms with E-state index in [9.17, 15) is 4.79 Å². The Morgan fingerprint density at radius 3 is 2.47 bits per heavy atom. The summed E-state index contributed by atoms with van der Waals surface area (Å²) in [6, 6.07) is 14.0. The third kappa shape index (κ3) is 4.06. The van der Waals surface area contributed by atoms with E-state index in [1.165, 1.54) is 10.4 Å². The number of hydrogen-bond acceptors (Lipinski definition) is 7. The number of ether oxygens (including phenoxy) is 2.